The second kappa shape index (κ2) is 7.47. The highest BCUT2D eigenvalue weighted by atomic mass is 32.2. The van der Waals surface area contributed by atoms with Crippen LogP contribution in [0.15, 0.2) is 0 Å². The van der Waals surface area contributed by atoms with Crippen molar-refractivity contribution >= 4 is 10.8 Å². The van der Waals surface area contributed by atoms with Crippen LogP contribution in [-0.4, -0.2) is 42.0 Å². The highest BCUT2D eigenvalue weighted by Gasteiger charge is 2.06. The maximum Gasteiger partial charge on any atom is 0.0613 e. The molecule has 0 heterocycles. The topological polar surface area (TPSA) is 38.3 Å². The molecule has 0 aliphatic heterocycles. The van der Waals surface area contributed by atoms with Crippen LogP contribution in [0.1, 0.15) is 20.3 Å². The van der Waals surface area contributed by atoms with Gasteiger partial charge in [0, 0.05) is 35.5 Å². The van der Waals surface area contributed by atoms with Crippen molar-refractivity contribution in [2.24, 2.45) is 0 Å². The van der Waals surface area contributed by atoms with E-state index in [1.165, 1.54) is 0 Å². The van der Waals surface area contributed by atoms with Gasteiger partial charge < -0.3 is 10.1 Å². The lowest BCUT2D eigenvalue weighted by Crippen LogP contribution is -2.32. The first kappa shape index (κ1) is 13.1. The van der Waals surface area contributed by atoms with Crippen molar-refractivity contribution in [3.05, 3.63) is 0 Å². The molecule has 4 heteroatoms. The Labute approximate surface area is 83.7 Å². The monoisotopic (exact) mass is 207 g/mol. The van der Waals surface area contributed by atoms with Gasteiger partial charge in [-0.15, -0.1) is 0 Å². The number of hydrogen-bond donors (Lipinski definition) is 1. The third kappa shape index (κ3) is 7.16. The molecule has 1 N–H and O–H groups in total. The summed E-state index contributed by atoms with van der Waals surface area (Å²) in [7, 11) is 0.996. The van der Waals surface area contributed by atoms with Crippen LogP contribution in [-0.2, 0) is 15.5 Å². The predicted molar refractivity (Wildman–Crippen MR) is 57.5 cm³/mol. The standard InChI is InChI=1S/C9H21NO2S/c1-8(7-12-3)10-6-5-9(2)13(4)11/h8-10H,5-7H2,1-4H3. The Hall–Kier alpha value is 0.0700. The van der Waals surface area contributed by atoms with E-state index < -0.39 is 10.8 Å². The Morgan fingerprint density at radius 3 is 2.54 bits per heavy atom. The largest absolute Gasteiger partial charge is 0.383 e. The Balaban J connectivity index is 3.39. The third-order valence-electron chi connectivity index (χ3n) is 2.03. The highest BCUT2D eigenvalue weighted by Crippen LogP contribution is 1.97. The molecule has 0 saturated carbocycles. The zero-order valence-corrected chi connectivity index (χ0v) is 9.82. The number of ether oxygens (including phenoxy) is 1. The third-order valence-corrected chi connectivity index (χ3v) is 3.40. The normalized spacial score (nSPS) is 18.2. The van der Waals surface area contributed by atoms with Gasteiger partial charge >= 0.3 is 0 Å². The first-order chi connectivity index (χ1) is 6.07. The molecule has 3 nitrogen and oxygen atoms in total. The number of nitrogens with one attached hydrogen (secondary N) is 1. The molecular formula is C9H21NO2S. The molecule has 0 radical (unpaired) electrons. The van der Waals surface area contributed by atoms with E-state index in [0.717, 1.165) is 19.6 Å². The van der Waals surface area contributed by atoms with Crippen LogP contribution in [0.4, 0.5) is 0 Å². The molecule has 3 atom stereocenters. The first-order valence-electron chi connectivity index (χ1n) is 4.62. The summed E-state index contributed by atoms with van der Waals surface area (Å²) in [5.74, 6) is 0. The molecule has 0 rings (SSSR count). The summed E-state index contributed by atoms with van der Waals surface area (Å²) in [5, 5.41) is 3.59. The molecule has 0 aliphatic carbocycles. The summed E-state index contributed by atoms with van der Waals surface area (Å²) in [6.45, 7) is 5.73. The fraction of sp³-hybridized carbons (Fsp3) is 1.00. The fourth-order valence-electron chi connectivity index (χ4n) is 1.01. The number of methoxy groups -OCH3 is 1. The van der Waals surface area contributed by atoms with Crippen molar-refractivity contribution in [1.29, 1.82) is 0 Å². The Morgan fingerprint density at radius 2 is 2.08 bits per heavy atom. The van der Waals surface area contributed by atoms with Crippen LogP contribution in [0.25, 0.3) is 0 Å². The van der Waals surface area contributed by atoms with Gasteiger partial charge in [-0.1, -0.05) is 6.92 Å². The van der Waals surface area contributed by atoms with Gasteiger partial charge in [-0.05, 0) is 19.9 Å². The van der Waals surface area contributed by atoms with E-state index in [1.54, 1.807) is 13.4 Å². The molecule has 0 aromatic heterocycles. The fourth-order valence-corrected chi connectivity index (χ4v) is 1.46. The van der Waals surface area contributed by atoms with Crippen LogP contribution in [0.3, 0.4) is 0 Å². The van der Waals surface area contributed by atoms with Crippen molar-refractivity contribution in [3.63, 3.8) is 0 Å². The number of hydrogen-bond acceptors (Lipinski definition) is 3. The zero-order chi connectivity index (χ0) is 10.3. The summed E-state index contributed by atoms with van der Waals surface area (Å²) in [6, 6.07) is 0.377. The second-order valence-electron chi connectivity index (χ2n) is 3.41. The van der Waals surface area contributed by atoms with Crippen molar-refractivity contribution in [3.8, 4) is 0 Å². The quantitative estimate of drug-likeness (QED) is 0.670. The van der Waals surface area contributed by atoms with Crippen molar-refractivity contribution < 1.29 is 8.95 Å². The van der Waals surface area contributed by atoms with Gasteiger partial charge in [0.15, 0.2) is 0 Å². The highest BCUT2D eigenvalue weighted by molar-refractivity contribution is 7.84. The molecule has 0 aliphatic rings. The Kier molecular flexibility index (Phi) is 7.51. The lowest BCUT2D eigenvalue weighted by atomic mass is 10.3. The van der Waals surface area contributed by atoms with E-state index >= 15 is 0 Å². The predicted octanol–water partition coefficient (Wildman–Crippen LogP) is 0.768. The number of rotatable bonds is 7. The zero-order valence-electron chi connectivity index (χ0n) is 9.00. The molecule has 13 heavy (non-hydrogen) atoms. The lowest BCUT2D eigenvalue weighted by Gasteiger charge is -2.14. The second-order valence-corrected chi connectivity index (χ2v) is 5.21. The maximum absolute atomic E-state index is 11.0. The molecule has 0 aromatic rings. The van der Waals surface area contributed by atoms with E-state index in [-0.39, 0.29) is 5.25 Å². The van der Waals surface area contributed by atoms with E-state index in [0.29, 0.717) is 6.04 Å². The molecule has 0 saturated heterocycles. The molecule has 80 valence electrons. The molecule has 0 amide bonds. The average Bonchev–Trinajstić information content (AvgIpc) is 2.04. The van der Waals surface area contributed by atoms with Gasteiger partial charge in [0.2, 0.25) is 0 Å². The SMILES string of the molecule is COCC(C)NCCC(C)S(C)=O. The molecule has 3 unspecified atom stereocenters. The van der Waals surface area contributed by atoms with Crippen LogP contribution >= 0.6 is 0 Å². The molecule has 0 bridgehead atoms. The summed E-state index contributed by atoms with van der Waals surface area (Å²) < 4.78 is 16.0. The molecular weight excluding hydrogens is 186 g/mol. The van der Waals surface area contributed by atoms with Crippen molar-refractivity contribution in [2.45, 2.75) is 31.6 Å². The molecule has 0 fully saturated rings. The van der Waals surface area contributed by atoms with E-state index in [1.807, 2.05) is 6.92 Å². The van der Waals surface area contributed by atoms with Gasteiger partial charge in [0.1, 0.15) is 0 Å². The summed E-state index contributed by atoms with van der Waals surface area (Å²) in [6.07, 6.45) is 2.71. The average molecular weight is 207 g/mol. The van der Waals surface area contributed by atoms with E-state index in [4.69, 9.17) is 4.74 Å². The van der Waals surface area contributed by atoms with Gasteiger partial charge in [0.25, 0.3) is 0 Å². The summed E-state index contributed by atoms with van der Waals surface area (Å²) in [5.41, 5.74) is 0. The molecule has 0 aromatic carbocycles. The minimum Gasteiger partial charge on any atom is -0.383 e. The summed E-state index contributed by atoms with van der Waals surface area (Å²) >= 11 is 0. The van der Waals surface area contributed by atoms with Crippen LogP contribution in [0.2, 0.25) is 0 Å². The smallest absolute Gasteiger partial charge is 0.0613 e. The Morgan fingerprint density at radius 1 is 1.46 bits per heavy atom. The van der Waals surface area contributed by atoms with Crippen LogP contribution in [0.5, 0.6) is 0 Å². The Bertz CT molecular complexity index is 153. The van der Waals surface area contributed by atoms with Crippen LogP contribution < -0.4 is 5.32 Å². The van der Waals surface area contributed by atoms with E-state index in [9.17, 15) is 4.21 Å². The van der Waals surface area contributed by atoms with Crippen molar-refractivity contribution in [2.75, 3.05) is 26.5 Å². The van der Waals surface area contributed by atoms with E-state index in [2.05, 4.69) is 12.2 Å². The minimum atomic E-state index is -0.700. The van der Waals surface area contributed by atoms with Gasteiger partial charge in [-0.2, -0.15) is 0 Å². The van der Waals surface area contributed by atoms with Gasteiger partial charge in [-0.25, -0.2) is 0 Å². The van der Waals surface area contributed by atoms with Crippen LogP contribution in [0, 0.1) is 0 Å². The first-order valence-corrected chi connectivity index (χ1v) is 6.24. The minimum absolute atomic E-state index is 0.280. The maximum atomic E-state index is 11.0. The summed E-state index contributed by atoms with van der Waals surface area (Å²) in [4.78, 5) is 0. The molecule has 0 spiro atoms. The lowest BCUT2D eigenvalue weighted by molar-refractivity contribution is 0.172. The van der Waals surface area contributed by atoms with Crippen molar-refractivity contribution in [1.82, 2.24) is 5.32 Å². The van der Waals surface area contributed by atoms with Gasteiger partial charge in [0.05, 0.1) is 6.61 Å². The van der Waals surface area contributed by atoms with Gasteiger partial charge in [-0.3, -0.25) is 4.21 Å².